The standard InChI is InChI=1S/C21H31N5O4S/c1-6-29-17-8-9-18(30-7-2)19(14-17)31(27,28)26-12-10-25(11-13-26)21-15-20(24(4)5)22-16(3)23-21/h8-9,14-15H,6-7,10-13H2,1-5H3. The van der Waals surface area contributed by atoms with Gasteiger partial charge in [0.15, 0.2) is 0 Å². The van der Waals surface area contributed by atoms with Crippen molar-refractivity contribution < 1.29 is 17.9 Å². The molecule has 10 heteroatoms. The minimum absolute atomic E-state index is 0.140. The Balaban J connectivity index is 1.81. The van der Waals surface area contributed by atoms with Gasteiger partial charge >= 0.3 is 0 Å². The van der Waals surface area contributed by atoms with Gasteiger partial charge in [0.25, 0.3) is 0 Å². The first-order valence-corrected chi connectivity index (χ1v) is 11.9. The van der Waals surface area contributed by atoms with Gasteiger partial charge in [-0.15, -0.1) is 0 Å². The Bertz CT molecular complexity index is 1000. The van der Waals surface area contributed by atoms with E-state index < -0.39 is 10.0 Å². The van der Waals surface area contributed by atoms with Crippen molar-refractivity contribution in [2.45, 2.75) is 25.7 Å². The molecule has 0 radical (unpaired) electrons. The summed E-state index contributed by atoms with van der Waals surface area (Å²) >= 11 is 0. The van der Waals surface area contributed by atoms with E-state index >= 15 is 0 Å². The van der Waals surface area contributed by atoms with Gasteiger partial charge < -0.3 is 19.3 Å². The molecule has 0 N–H and O–H groups in total. The average Bonchev–Trinajstić information content (AvgIpc) is 2.74. The number of hydrogen-bond acceptors (Lipinski definition) is 8. The van der Waals surface area contributed by atoms with Crippen LogP contribution in [-0.4, -0.2) is 76.2 Å². The molecule has 0 amide bonds. The number of aromatic nitrogens is 2. The second-order valence-electron chi connectivity index (χ2n) is 7.39. The molecule has 0 atom stereocenters. The van der Waals surface area contributed by atoms with Crippen molar-refractivity contribution >= 4 is 21.7 Å². The summed E-state index contributed by atoms with van der Waals surface area (Å²) in [7, 11) is 0.135. The van der Waals surface area contributed by atoms with Gasteiger partial charge in [0.1, 0.15) is 33.9 Å². The third kappa shape index (κ3) is 5.19. The van der Waals surface area contributed by atoms with Gasteiger partial charge in [-0.3, -0.25) is 0 Å². The van der Waals surface area contributed by atoms with Gasteiger partial charge in [0, 0.05) is 52.4 Å². The fourth-order valence-electron chi connectivity index (χ4n) is 3.45. The van der Waals surface area contributed by atoms with Gasteiger partial charge in [0.05, 0.1) is 13.2 Å². The Hall–Kier alpha value is -2.59. The van der Waals surface area contributed by atoms with Crippen LogP contribution in [0.5, 0.6) is 11.5 Å². The lowest BCUT2D eigenvalue weighted by molar-refractivity contribution is 0.319. The van der Waals surface area contributed by atoms with Crippen LogP contribution < -0.4 is 19.3 Å². The second kappa shape index (κ2) is 9.69. The highest BCUT2D eigenvalue weighted by atomic mass is 32.2. The number of rotatable bonds is 8. The van der Waals surface area contributed by atoms with Gasteiger partial charge in [-0.1, -0.05) is 0 Å². The van der Waals surface area contributed by atoms with Crippen LogP contribution in [0.3, 0.4) is 0 Å². The molecule has 170 valence electrons. The molecule has 0 aliphatic carbocycles. The highest BCUT2D eigenvalue weighted by Crippen LogP contribution is 2.32. The number of nitrogens with zero attached hydrogens (tertiary/aromatic N) is 5. The van der Waals surface area contributed by atoms with Crippen molar-refractivity contribution in [3.8, 4) is 11.5 Å². The molecular formula is C21H31N5O4S. The van der Waals surface area contributed by atoms with Crippen LogP contribution in [0.25, 0.3) is 0 Å². The smallest absolute Gasteiger partial charge is 0.247 e. The number of sulfonamides is 1. The number of ether oxygens (including phenoxy) is 2. The topological polar surface area (TPSA) is 88.1 Å². The van der Waals surface area contributed by atoms with E-state index in [1.54, 1.807) is 18.2 Å². The van der Waals surface area contributed by atoms with E-state index in [2.05, 4.69) is 14.9 Å². The molecule has 1 saturated heterocycles. The Morgan fingerprint density at radius 3 is 2.29 bits per heavy atom. The summed E-state index contributed by atoms with van der Waals surface area (Å²) in [5, 5.41) is 0. The highest BCUT2D eigenvalue weighted by molar-refractivity contribution is 7.89. The molecule has 1 aliphatic heterocycles. The maximum Gasteiger partial charge on any atom is 0.247 e. The molecule has 1 aromatic heterocycles. The van der Waals surface area contributed by atoms with Gasteiger partial charge in [-0.05, 0) is 32.9 Å². The molecule has 0 spiro atoms. The van der Waals surface area contributed by atoms with Crippen molar-refractivity contribution in [1.82, 2.24) is 14.3 Å². The number of piperazine rings is 1. The van der Waals surface area contributed by atoms with Crippen LogP contribution >= 0.6 is 0 Å². The molecule has 0 saturated carbocycles. The first-order chi connectivity index (χ1) is 14.8. The molecule has 2 heterocycles. The first-order valence-electron chi connectivity index (χ1n) is 10.4. The summed E-state index contributed by atoms with van der Waals surface area (Å²) in [4.78, 5) is 13.1. The van der Waals surface area contributed by atoms with E-state index in [-0.39, 0.29) is 4.90 Å². The van der Waals surface area contributed by atoms with Crippen molar-refractivity contribution in [2.24, 2.45) is 0 Å². The largest absolute Gasteiger partial charge is 0.494 e. The number of aryl methyl sites for hydroxylation is 1. The lowest BCUT2D eigenvalue weighted by Gasteiger charge is -2.35. The lowest BCUT2D eigenvalue weighted by atomic mass is 10.3. The van der Waals surface area contributed by atoms with Gasteiger partial charge in [-0.2, -0.15) is 4.31 Å². The van der Waals surface area contributed by atoms with Crippen LogP contribution in [0.4, 0.5) is 11.6 Å². The van der Waals surface area contributed by atoms with Crippen LogP contribution in [0.1, 0.15) is 19.7 Å². The molecular weight excluding hydrogens is 418 g/mol. The second-order valence-corrected chi connectivity index (χ2v) is 9.30. The third-order valence-corrected chi connectivity index (χ3v) is 6.90. The van der Waals surface area contributed by atoms with Crippen LogP contribution in [0, 0.1) is 6.92 Å². The maximum absolute atomic E-state index is 13.4. The van der Waals surface area contributed by atoms with E-state index in [1.807, 2.05) is 45.8 Å². The van der Waals surface area contributed by atoms with E-state index in [0.29, 0.717) is 56.7 Å². The first kappa shape index (κ1) is 23.1. The number of hydrogen-bond donors (Lipinski definition) is 0. The minimum atomic E-state index is -3.73. The Morgan fingerprint density at radius 1 is 1.00 bits per heavy atom. The molecule has 0 bridgehead atoms. The summed E-state index contributed by atoms with van der Waals surface area (Å²) in [5.41, 5.74) is 0. The van der Waals surface area contributed by atoms with Crippen LogP contribution in [0.15, 0.2) is 29.2 Å². The zero-order chi connectivity index (χ0) is 22.6. The normalized spacial score (nSPS) is 15.1. The zero-order valence-corrected chi connectivity index (χ0v) is 19.6. The van der Waals surface area contributed by atoms with Crippen LogP contribution in [-0.2, 0) is 10.0 Å². The summed E-state index contributed by atoms with van der Waals surface area (Å²) in [6.45, 7) is 8.18. The minimum Gasteiger partial charge on any atom is -0.494 e. The summed E-state index contributed by atoms with van der Waals surface area (Å²) in [6.07, 6.45) is 0. The van der Waals surface area contributed by atoms with E-state index in [0.717, 1.165) is 11.6 Å². The SMILES string of the molecule is CCOc1ccc(OCC)c(S(=O)(=O)N2CCN(c3cc(N(C)C)nc(C)n3)CC2)c1. The summed E-state index contributed by atoms with van der Waals surface area (Å²) < 4.78 is 39.4. The number of benzene rings is 1. The predicted molar refractivity (Wildman–Crippen MR) is 121 cm³/mol. The summed E-state index contributed by atoms with van der Waals surface area (Å²) in [5.74, 6) is 3.17. The van der Waals surface area contributed by atoms with Gasteiger partial charge in [-0.25, -0.2) is 18.4 Å². The fourth-order valence-corrected chi connectivity index (χ4v) is 5.01. The quantitative estimate of drug-likeness (QED) is 0.606. The lowest BCUT2D eigenvalue weighted by Crippen LogP contribution is -2.49. The molecule has 1 aromatic carbocycles. The van der Waals surface area contributed by atoms with Crippen molar-refractivity contribution in [1.29, 1.82) is 0 Å². The van der Waals surface area contributed by atoms with Crippen LogP contribution in [0.2, 0.25) is 0 Å². The highest BCUT2D eigenvalue weighted by Gasteiger charge is 2.32. The zero-order valence-electron chi connectivity index (χ0n) is 18.8. The van der Waals surface area contributed by atoms with Crippen molar-refractivity contribution in [2.75, 3.05) is 63.3 Å². The Labute approximate surface area is 184 Å². The maximum atomic E-state index is 13.4. The molecule has 0 unspecified atom stereocenters. The van der Waals surface area contributed by atoms with E-state index in [4.69, 9.17) is 9.47 Å². The fraction of sp³-hybridized carbons (Fsp3) is 0.524. The number of anilines is 2. The predicted octanol–water partition coefficient (Wildman–Crippen LogP) is 2.16. The molecule has 1 aliphatic rings. The molecule has 1 fully saturated rings. The molecule has 9 nitrogen and oxygen atoms in total. The molecule has 2 aromatic rings. The van der Waals surface area contributed by atoms with Crippen molar-refractivity contribution in [3.63, 3.8) is 0 Å². The average molecular weight is 450 g/mol. The van der Waals surface area contributed by atoms with Gasteiger partial charge in [0.2, 0.25) is 10.0 Å². The Kier molecular flexibility index (Phi) is 7.22. The molecule has 31 heavy (non-hydrogen) atoms. The van der Waals surface area contributed by atoms with Crippen molar-refractivity contribution in [3.05, 3.63) is 30.1 Å². The molecule has 3 rings (SSSR count). The third-order valence-electron chi connectivity index (χ3n) is 4.98. The Morgan fingerprint density at radius 2 is 1.68 bits per heavy atom. The van der Waals surface area contributed by atoms with E-state index in [9.17, 15) is 8.42 Å². The van der Waals surface area contributed by atoms with E-state index in [1.165, 1.54) is 4.31 Å². The summed E-state index contributed by atoms with van der Waals surface area (Å²) in [6, 6.07) is 6.86. The monoisotopic (exact) mass is 449 g/mol.